The largest absolute Gasteiger partial charge is 0.478 e. The Morgan fingerprint density at radius 1 is 1.62 bits per heavy atom. The highest BCUT2D eigenvalue weighted by molar-refractivity contribution is 9.09. The average molecular weight is 240 g/mol. The first-order valence-corrected chi connectivity index (χ1v) is 4.60. The van der Waals surface area contributed by atoms with Gasteiger partial charge < -0.3 is 5.11 Å². The van der Waals surface area contributed by atoms with E-state index in [1.807, 2.05) is 0 Å². The number of aromatic nitrogens is 1. The van der Waals surface area contributed by atoms with Gasteiger partial charge in [-0.1, -0.05) is 21.9 Å². The highest BCUT2D eigenvalue weighted by atomic mass is 79.9. The quantitative estimate of drug-likeness (QED) is 0.598. The molecular formula is C9H6BrNO2. The van der Waals surface area contributed by atoms with Crippen LogP contribution in [-0.2, 0) is 0 Å². The van der Waals surface area contributed by atoms with E-state index in [1.165, 1.54) is 12.3 Å². The molecule has 0 amide bonds. The van der Waals surface area contributed by atoms with Crippen molar-refractivity contribution in [3.8, 4) is 11.8 Å². The van der Waals surface area contributed by atoms with E-state index in [0.29, 0.717) is 11.0 Å². The van der Waals surface area contributed by atoms with Gasteiger partial charge in [-0.25, -0.2) is 9.78 Å². The number of hydrogen-bond donors (Lipinski definition) is 1. The zero-order valence-corrected chi connectivity index (χ0v) is 8.21. The molecule has 66 valence electrons. The number of halogens is 1. The van der Waals surface area contributed by atoms with E-state index >= 15 is 0 Å². The van der Waals surface area contributed by atoms with E-state index in [0.717, 1.165) is 0 Å². The number of carbonyl (C=O) groups is 1. The van der Waals surface area contributed by atoms with Crippen molar-refractivity contribution in [1.82, 2.24) is 4.98 Å². The summed E-state index contributed by atoms with van der Waals surface area (Å²) >= 11 is 3.15. The third-order valence-corrected chi connectivity index (χ3v) is 1.57. The fraction of sp³-hybridized carbons (Fsp3) is 0.111. The molecule has 1 aromatic heterocycles. The van der Waals surface area contributed by atoms with Crippen molar-refractivity contribution in [3.05, 3.63) is 29.6 Å². The summed E-state index contributed by atoms with van der Waals surface area (Å²) in [6.07, 6.45) is 1.29. The molecule has 1 N–H and O–H groups in total. The molecule has 13 heavy (non-hydrogen) atoms. The van der Waals surface area contributed by atoms with Gasteiger partial charge in [-0.05, 0) is 18.1 Å². The van der Waals surface area contributed by atoms with Crippen LogP contribution in [0.5, 0.6) is 0 Å². The fourth-order valence-electron chi connectivity index (χ4n) is 0.718. The maximum absolute atomic E-state index is 10.4. The molecule has 0 saturated heterocycles. The van der Waals surface area contributed by atoms with E-state index in [-0.39, 0.29) is 5.56 Å². The predicted octanol–water partition coefficient (Wildman–Crippen LogP) is 1.53. The molecule has 0 aliphatic heterocycles. The van der Waals surface area contributed by atoms with Crippen LogP contribution in [0.3, 0.4) is 0 Å². The number of nitrogens with zero attached hydrogens (tertiary/aromatic N) is 1. The first-order valence-electron chi connectivity index (χ1n) is 3.48. The molecule has 0 bridgehead atoms. The van der Waals surface area contributed by atoms with Gasteiger partial charge in [0.15, 0.2) is 0 Å². The Labute approximate surface area is 83.9 Å². The van der Waals surface area contributed by atoms with Gasteiger partial charge in [0.2, 0.25) is 0 Å². The van der Waals surface area contributed by atoms with E-state index in [1.54, 1.807) is 6.07 Å². The van der Waals surface area contributed by atoms with E-state index in [2.05, 4.69) is 32.8 Å². The van der Waals surface area contributed by atoms with E-state index in [4.69, 9.17) is 5.11 Å². The number of pyridine rings is 1. The van der Waals surface area contributed by atoms with Gasteiger partial charge in [0.05, 0.1) is 10.9 Å². The van der Waals surface area contributed by atoms with Crippen molar-refractivity contribution < 1.29 is 9.90 Å². The second kappa shape index (κ2) is 4.63. The monoisotopic (exact) mass is 239 g/mol. The fourth-order valence-corrected chi connectivity index (χ4v) is 0.858. The Morgan fingerprint density at radius 3 is 2.85 bits per heavy atom. The Hall–Kier alpha value is -1.34. The zero-order valence-electron chi connectivity index (χ0n) is 6.62. The molecule has 0 aliphatic rings. The number of aromatic carboxylic acids is 1. The highest BCUT2D eigenvalue weighted by Crippen LogP contribution is 1.98. The number of rotatable bonds is 1. The molecule has 0 radical (unpaired) electrons. The number of carboxylic acids is 1. The number of hydrogen-bond acceptors (Lipinski definition) is 2. The Morgan fingerprint density at radius 2 is 2.38 bits per heavy atom. The molecule has 0 atom stereocenters. The lowest BCUT2D eigenvalue weighted by molar-refractivity contribution is 0.0696. The van der Waals surface area contributed by atoms with Crippen LogP contribution in [0.15, 0.2) is 18.3 Å². The predicted molar refractivity (Wildman–Crippen MR) is 51.9 cm³/mol. The lowest BCUT2D eigenvalue weighted by Crippen LogP contribution is -1.97. The average Bonchev–Trinajstić information content (AvgIpc) is 2.15. The zero-order chi connectivity index (χ0) is 9.68. The standard InChI is InChI=1S/C9H6BrNO2/c10-5-1-2-8-4-3-7(6-11-8)9(12)13/h3-4,6H,5H2,(H,12,13). The summed E-state index contributed by atoms with van der Waals surface area (Å²) < 4.78 is 0. The van der Waals surface area contributed by atoms with Crippen LogP contribution >= 0.6 is 15.9 Å². The van der Waals surface area contributed by atoms with Crippen molar-refractivity contribution in [2.45, 2.75) is 0 Å². The SMILES string of the molecule is O=C(O)c1ccc(C#CCBr)nc1. The molecule has 0 fully saturated rings. The van der Waals surface area contributed by atoms with Gasteiger partial charge in [-0.2, -0.15) is 0 Å². The molecular weight excluding hydrogens is 234 g/mol. The molecule has 0 aromatic carbocycles. The Balaban J connectivity index is 2.87. The van der Waals surface area contributed by atoms with Gasteiger partial charge >= 0.3 is 5.97 Å². The van der Waals surface area contributed by atoms with Gasteiger partial charge in [0, 0.05) is 6.20 Å². The third kappa shape index (κ3) is 2.88. The van der Waals surface area contributed by atoms with Crippen LogP contribution in [0.25, 0.3) is 0 Å². The van der Waals surface area contributed by atoms with Crippen molar-refractivity contribution in [2.24, 2.45) is 0 Å². The van der Waals surface area contributed by atoms with Crippen molar-refractivity contribution in [1.29, 1.82) is 0 Å². The molecule has 1 rings (SSSR count). The van der Waals surface area contributed by atoms with Crippen LogP contribution in [0.2, 0.25) is 0 Å². The lowest BCUT2D eigenvalue weighted by Gasteiger charge is -1.92. The van der Waals surface area contributed by atoms with Gasteiger partial charge in [0.1, 0.15) is 5.69 Å². The molecule has 1 heterocycles. The second-order valence-corrected chi connectivity index (χ2v) is 2.73. The number of carboxylic acid groups (broad SMARTS) is 1. The summed E-state index contributed by atoms with van der Waals surface area (Å²) in [7, 11) is 0. The molecule has 4 heteroatoms. The Bertz CT molecular complexity index is 361. The van der Waals surface area contributed by atoms with Crippen molar-refractivity contribution in [3.63, 3.8) is 0 Å². The lowest BCUT2D eigenvalue weighted by atomic mass is 10.2. The van der Waals surface area contributed by atoms with Crippen LogP contribution < -0.4 is 0 Å². The summed E-state index contributed by atoms with van der Waals surface area (Å²) in [5.74, 6) is 4.55. The van der Waals surface area contributed by atoms with E-state index < -0.39 is 5.97 Å². The summed E-state index contributed by atoms with van der Waals surface area (Å²) in [5.41, 5.74) is 0.744. The molecule has 0 aliphatic carbocycles. The van der Waals surface area contributed by atoms with Crippen LogP contribution in [0.1, 0.15) is 16.1 Å². The first-order chi connectivity index (χ1) is 6.24. The molecule has 0 spiro atoms. The van der Waals surface area contributed by atoms with Crippen LogP contribution in [-0.4, -0.2) is 21.4 Å². The first kappa shape index (κ1) is 9.75. The number of alkyl halides is 1. The highest BCUT2D eigenvalue weighted by Gasteiger charge is 2.00. The van der Waals surface area contributed by atoms with Crippen LogP contribution in [0.4, 0.5) is 0 Å². The van der Waals surface area contributed by atoms with Gasteiger partial charge in [-0.15, -0.1) is 0 Å². The molecule has 3 nitrogen and oxygen atoms in total. The summed E-state index contributed by atoms with van der Waals surface area (Å²) in [6.45, 7) is 0. The summed E-state index contributed by atoms with van der Waals surface area (Å²) in [4.78, 5) is 14.3. The van der Waals surface area contributed by atoms with Crippen molar-refractivity contribution >= 4 is 21.9 Å². The summed E-state index contributed by atoms with van der Waals surface area (Å²) in [5, 5.41) is 9.15. The minimum absolute atomic E-state index is 0.171. The van der Waals surface area contributed by atoms with Crippen molar-refractivity contribution in [2.75, 3.05) is 5.33 Å². The summed E-state index contributed by atoms with van der Waals surface area (Å²) in [6, 6.07) is 3.06. The minimum Gasteiger partial charge on any atom is -0.478 e. The van der Waals surface area contributed by atoms with Crippen LogP contribution in [0, 0.1) is 11.8 Å². The van der Waals surface area contributed by atoms with Gasteiger partial charge in [0.25, 0.3) is 0 Å². The van der Waals surface area contributed by atoms with E-state index in [9.17, 15) is 4.79 Å². The molecule has 0 saturated carbocycles. The smallest absolute Gasteiger partial charge is 0.337 e. The normalized spacial score (nSPS) is 8.69. The molecule has 0 unspecified atom stereocenters. The van der Waals surface area contributed by atoms with Gasteiger partial charge in [-0.3, -0.25) is 0 Å². The minimum atomic E-state index is -0.979. The third-order valence-electron chi connectivity index (χ3n) is 1.29. The molecule has 1 aromatic rings. The maximum atomic E-state index is 10.4. The maximum Gasteiger partial charge on any atom is 0.337 e. The second-order valence-electron chi connectivity index (χ2n) is 2.17. The Kier molecular flexibility index (Phi) is 3.47. The topological polar surface area (TPSA) is 50.2 Å².